The molecule has 0 aliphatic carbocycles. The number of aryl methyl sites for hydroxylation is 2. The molecule has 0 saturated heterocycles. The van der Waals surface area contributed by atoms with Crippen LogP contribution < -0.4 is 10.6 Å². The smallest absolute Gasteiger partial charge is 0.350 e. The highest BCUT2D eigenvalue weighted by Crippen LogP contribution is 2.35. The first kappa shape index (κ1) is 26.3. The highest BCUT2D eigenvalue weighted by molar-refractivity contribution is 8.00. The average Bonchev–Trinajstić information content (AvgIpc) is 3.21. The Morgan fingerprint density at radius 1 is 0.946 bits per heavy atom. The fraction of sp³-hybridized carbons (Fsp3) is 0.214. The summed E-state index contributed by atoms with van der Waals surface area (Å²) in [6.07, 6.45) is -2.66. The van der Waals surface area contributed by atoms with E-state index in [2.05, 4.69) is 10.6 Å². The number of aromatic nitrogens is 1. The predicted octanol–water partition coefficient (Wildman–Crippen LogP) is 6.44. The fourth-order valence-corrected chi connectivity index (χ4v) is 4.85. The summed E-state index contributed by atoms with van der Waals surface area (Å²) < 4.78 is 41.7. The van der Waals surface area contributed by atoms with Crippen LogP contribution in [0, 0.1) is 13.8 Å². The van der Waals surface area contributed by atoms with Crippen molar-refractivity contribution in [1.82, 2.24) is 9.88 Å². The minimum Gasteiger partial charge on any atom is -0.350 e. The van der Waals surface area contributed by atoms with Crippen LogP contribution in [-0.2, 0) is 17.5 Å². The van der Waals surface area contributed by atoms with E-state index in [1.54, 1.807) is 6.07 Å². The molecule has 0 bridgehead atoms. The van der Waals surface area contributed by atoms with Crippen molar-refractivity contribution in [3.05, 3.63) is 95.2 Å². The third-order valence-electron chi connectivity index (χ3n) is 6.02. The molecule has 0 fully saturated rings. The highest BCUT2D eigenvalue weighted by atomic mass is 32.2. The van der Waals surface area contributed by atoms with E-state index in [1.165, 1.54) is 30.0 Å². The first-order valence-corrected chi connectivity index (χ1v) is 12.6. The Kier molecular flexibility index (Phi) is 7.92. The summed E-state index contributed by atoms with van der Waals surface area (Å²) in [7, 11) is 0. The summed E-state index contributed by atoms with van der Waals surface area (Å²) >= 11 is 1.25. The normalized spacial score (nSPS) is 11.5. The molecule has 3 aromatic carbocycles. The summed E-state index contributed by atoms with van der Waals surface area (Å²) in [6.45, 7) is 4.88. The number of hydrogen-bond acceptors (Lipinski definition) is 3. The molecule has 5 nitrogen and oxygen atoms in total. The number of benzene rings is 3. The van der Waals surface area contributed by atoms with Gasteiger partial charge in [-0.05, 0) is 55.3 Å². The van der Waals surface area contributed by atoms with Gasteiger partial charge in [-0.3, -0.25) is 9.59 Å². The molecule has 0 spiro atoms. The van der Waals surface area contributed by atoms with Gasteiger partial charge >= 0.3 is 6.18 Å². The van der Waals surface area contributed by atoms with E-state index < -0.39 is 17.6 Å². The lowest BCUT2D eigenvalue weighted by Gasteiger charge is -2.13. The molecule has 4 rings (SSSR count). The zero-order valence-corrected chi connectivity index (χ0v) is 21.2. The van der Waals surface area contributed by atoms with Crippen LogP contribution >= 0.6 is 11.8 Å². The first-order valence-electron chi connectivity index (χ1n) is 11.7. The van der Waals surface area contributed by atoms with Crippen molar-refractivity contribution in [2.45, 2.75) is 31.5 Å². The minimum atomic E-state index is -4.56. The molecular weight excluding hydrogens is 499 g/mol. The van der Waals surface area contributed by atoms with Crippen LogP contribution in [0.4, 0.5) is 18.9 Å². The van der Waals surface area contributed by atoms with Crippen molar-refractivity contribution in [3.63, 3.8) is 0 Å². The second kappa shape index (κ2) is 11.1. The van der Waals surface area contributed by atoms with Crippen molar-refractivity contribution >= 4 is 40.2 Å². The Bertz CT molecular complexity index is 1450. The molecule has 0 aliphatic heterocycles. The van der Waals surface area contributed by atoms with Crippen LogP contribution in [0.2, 0.25) is 0 Å². The van der Waals surface area contributed by atoms with E-state index in [4.69, 9.17) is 0 Å². The summed E-state index contributed by atoms with van der Waals surface area (Å²) in [4.78, 5) is 25.9. The van der Waals surface area contributed by atoms with Crippen molar-refractivity contribution in [2.75, 3.05) is 17.6 Å². The first-order chi connectivity index (χ1) is 17.6. The monoisotopic (exact) mass is 525 g/mol. The third kappa shape index (κ3) is 6.35. The van der Waals surface area contributed by atoms with E-state index in [0.717, 1.165) is 33.0 Å². The molecule has 4 aromatic rings. The van der Waals surface area contributed by atoms with Gasteiger partial charge in [0.15, 0.2) is 0 Å². The highest BCUT2D eigenvalue weighted by Gasteiger charge is 2.33. The molecule has 0 saturated carbocycles. The van der Waals surface area contributed by atoms with Crippen LogP contribution in [0.15, 0.2) is 77.8 Å². The SMILES string of the molecule is Cc1ccc(C(=O)NCCn2cc(SCC(=O)Nc3ccccc3C(F)(F)F)c3ccccc32)cc1C. The molecule has 0 aliphatic rings. The number of halogens is 3. The van der Waals surface area contributed by atoms with E-state index in [1.807, 2.05) is 61.0 Å². The van der Waals surface area contributed by atoms with Gasteiger partial charge in [-0.1, -0.05) is 36.4 Å². The number of carbonyl (C=O) groups is 2. The van der Waals surface area contributed by atoms with Crippen molar-refractivity contribution in [2.24, 2.45) is 0 Å². The van der Waals surface area contributed by atoms with Gasteiger partial charge in [-0.25, -0.2) is 0 Å². The Morgan fingerprint density at radius 2 is 1.68 bits per heavy atom. The number of rotatable bonds is 8. The number of nitrogens with zero attached hydrogens (tertiary/aromatic N) is 1. The zero-order chi connectivity index (χ0) is 26.6. The summed E-state index contributed by atoms with van der Waals surface area (Å²) in [5.41, 5.74) is 2.58. The maximum Gasteiger partial charge on any atom is 0.418 e. The molecule has 1 aromatic heterocycles. The van der Waals surface area contributed by atoms with Gasteiger partial charge in [0, 0.05) is 40.6 Å². The Balaban J connectivity index is 1.40. The Hall–Kier alpha value is -3.72. The lowest BCUT2D eigenvalue weighted by Crippen LogP contribution is -2.27. The van der Waals surface area contributed by atoms with E-state index in [-0.39, 0.29) is 17.3 Å². The average molecular weight is 526 g/mol. The van der Waals surface area contributed by atoms with Gasteiger partial charge in [0.1, 0.15) is 0 Å². The number of amides is 2. The Morgan fingerprint density at radius 3 is 2.43 bits per heavy atom. The minimum absolute atomic E-state index is 0.0519. The van der Waals surface area contributed by atoms with Crippen LogP contribution in [0.1, 0.15) is 27.0 Å². The van der Waals surface area contributed by atoms with Crippen LogP contribution in [0.25, 0.3) is 10.9 Å². The molecule has 2 N–H and O–H groups in total. The third-order valence-corrected chi connectivity index (χ3v) is 7.07. The second-order valence-corrected chi connectivity index (χ2v) is 9.66. The van der Waals surface area contributed by atoms with Crippen molar-refractivity contribution < 1.29 is 22.8 Å². The number of carbonyl (C=O) groups excluding carboxylic acids is 2. The molecule has 192 valence electrons. The topological polar surface area (TPSA) is 63.1 Å². The van der Waals surface area contributed by atoms with E-state index in [0.29, 0.717) is 18.7 Å². The molecule has 0 atom stereocenters. The standard InChI is InChI=1S/C28H26F3N3O2S/c1-18-11-12-20(15-19(18)2)27(36)32-13-14-34-16-25(21-7-3-6-10-24(21)34)37-17-26(35)33-23-9-5-4-8-22(23)28(29,30)31/h3-12,15-16H,13-14,17H2,1-2H3,(H,32,36)(H,33,35). The summed E-state index contributed by atoms with van der Waals surface area (Å²) in [5.74, 6) is -0.729. The van der Waals surface area contributed by atoms with Crippen LogP contribution in [0.3, 0.4) is 0 Å². The number of anilines is 1. The molecule has 1 heterocycles. The number of thioether (sulfide) groups is 1. The fourth-order valence-electron chi connectivity index (χ4n) is 3.96. The maximum absolute atomic E-state index is 13.2. The Labute approximate surface area is 217 Å². The van der Waals surface area contributed by atoms with Crippen molar-refractivity contribution in [1.29, 1.82) is 0 Å². The molecule has 2 amide bonds. The van der Waals surface area contributed by atoms with Gasteiger partial charge in [0.2, 0.25) is 5.91 Å². The lowest BCUT2D eigenvalue weighted by atomic mass is 10.1. The number of hydrogen-bond donors (Lipinski definition) is 2. The maximum atomic E-state index is 13.2. The number of alkyl halides is 3. The van der Waals surface area contributed by atoms with Crippen LogP contribution in [-0.4, -0.2) is 28.7 Å². The predicted molar refractivity (Wildman–Crippen MR) is 141 cm³/mol. The molecule has 0 unspecified atom stereocenters. The quantitative estimate of drug-likeness (QED) is 0.260. The van der Waals surface area contributed by atoms with Gasteiger partial charge < -0.3 is 15.2 Å². The van der Waals surface area contributed by atoms with Crippen LogP contribution in [0.5, 0.6) is 0 Å². The largest absolute Gasteiger partial charge is 0.418 e. The summed E-state index contributed by atoms with van der Waals surface area (Å²) in [5, 5.41) is 6.25. The molecule has 37 heavy (non-hydrogen) atoms. The molecular formula is C28H26F3N3O2S. The van der Waals surface area contributed by atoms with Gasteiger partial charge in [0.05, 0.1) is 17.0 Å². The van der Waals surface area contributed by atoms with E-state index in [9.17, 15) is 22.8 Å². The van der Waals surface area contributed by atoms with Crippen molar-refractivity contribution in [3.8, 4) is 0 Å². The lowest BCUT2D eigenvalue weighted by molar-refractivity contribution is -0.137. The number of para-hydroxylation sites is 2. The van der Waals surface area contributed by atoms with Gasteiger partial charge in [0.25, 0.3) is 5.91 Å². The zero-order valence-electron chi connectivity index (χ0n) is 20.4. The summed E-state index contributed by atoms with van der Waals surface area (Å²) in [6, 6.07) is 18.2. The number of fused-ring (bicyclic) bond motifs is 1. The molecule has 9 heteroatoms. The van der Waals surface area contributed by atoms with Gasteiger partial charge in [-0.15, -0.1) is 11.8 Å². The van der Waals surface area contributed by atoms with E-state index >= 15 is 0 Å². The second-order valence-electron chi connectivity index (χ2n) is 8.64. The van der Waals surface area contributed by atoms with Gasteiger partial charge in [-0.2, -0.15) is 13.2 Å². The molecule has 0 radical (unpaired) electrons. The number of nitrogens with one attached hydrogen (secondary N) is 2.